The monoisotopic (exact) mass is 346 g/mol. The van der Waals surface area contributed by atoms with E-state index in [4.69, 9.17) is 27.9 Å². The van der Waals surface area contributed by atoms with Crippen molar-refractivity contribution >= 4 is 29.1 Å². The Bertz CT molecular complexity index is 544. The van der Waals surface area contributed by atoms with Gasteiger partial charge in [-0.05, 0) is 26.0 Å². The van der Waals surface area contributed by atoms with E-state index in [-0.39, 0.29) is 24.1 Å². The van der Waals surface area contributed by atoms with Crippen LogP contribution < -0.4 is 21.1 Å². The molecule has 3 N–H and O–H groups in total. The molecule has 1 fully saturated rings. The van der Waals surface area contributed by atoms with Gasteiger partial charge in [-0.2, -0.15) is 5.53 Å². The van der Waals surface area contributed by atoms with Crippen LogP contribution in [0.5, 0.6) is 5.75 Å². The Morgan fingerprint density at radius 1 is 1.36 bits per heavy atom. The van der Waals surface area contributed by atoms with Gasteiger partial charge in [-0.3, -0.25) is 4.79 Å². The molecule has 8 heteroatoms. The summed E-state index contributed by atoms with van der Waals surface area (Å²) in [4.78, 5) is 14.0. The molecule has 6 nitrogen and oxygen atoms in total. The first-order valence-electron chi connectivity index (χ1n) is 7.01. The van der Waals surface area contributed by atoms with Crippen molar-refractivity contribution < 1.29 is 9.53 Å². The van der Waals surface area contributed by atoms with E-state index in [2.05, 4.69) is 16.4 Å². The molecule has 1 amide bonds. The molecular weight excluding hydrogens is 327 g/mol. The Kier molecular flexibility index (Phi) is 5.88. The van der Waals surface area contributed by atoms with Crippen molar-refractivity contribution in [2.75, 3.05) is 13.6 Å². The summed E-state index contributed by atoms with van der Waals surface area (Å²) in [6.07, 6.45) is -0.177. The fourth-order valence-electron chi connectivity index (χ4n) is 2.25. The normalized spacial score (nSPS) is 22.4. The quantitative estimate of drug-likeness (QED) is 0.755. The Balaban J connectivity index is 1.89. The molecule has 0 aliphatic carbocycles. The van der Waals surface area contributed by atoms with Gasteiger partial charge in [0.2, 0.25) is 5.91 Å². The van der Waals surface area contributed by atoms with Crippen LogP contribution in [-0.2, 0) is 4.79 Å². The highest BCUT2D eigenvalue weighted by Gasteiger charge is 2.31. The zero-order valence-corrected chi connectivity index (χ0v) is 14.2. The number of halogens is 2. The number of hydrogen-bond donors (Lipinski definition) is 3. The molecule has 0 saturated carbocycles. The molecule has 3 atom stereocenters. The summed E-state index contributed by atoms with van der Waals surface area (Å²) < 4.78 is 5.77. The number of likely N-dealkylation sites (N-methyl/N-ethyl adjacent to an activating group) is 1. The predicted molar refractivity (Wildman–Crippen MR) is 86.8 cm³/mol. The molecular formula is C14H20Cl2N4O2. The summed E-state index contributed by atoms with van der Waals surface area (Å²) in [5.41, 5.74) is 8.60. The summed E-state index contributed by atoms with van der Waals surface area (Å²) in [5.74, 6) is 0.619. The summed E-state index contributed by atoms with van der Waals surface area (Å²) in [7, 11) is 1.75. The summed E-state index contributed by atoms with van der Waals surface area (Å²) >= 11 is 11.8. The summed E-state index contributed by atoms with van der Waals surface area (Å²) in [5, 5.41) is 0.923. The van der Waals surface area contributed by atoms with Gasteiger partial charge in [-0.15, -0.1) is 0 Å². The lowest BCUT2D eigenvalue weighted by atomic mass is 10.1. The molecule has 1 aliphatic heterocycles. The van der Waals surface area contributed by atoms with Crippen LogP contribution in [0, 0.1) is 0 Å². The van der Waals surface area contributed by atoms with E-state index in [1.54, 1.807) is 30.1 Å². The molecule has 1 saturated heterocycles. The molecule has 2 rings (SSSR count). The van der Waals surface area contributed by atoms with Gasteiger partial charge in [-0.25, -0.2) is 10.9 Å². The molecule has 0 spiro atoms. The minimum Gasteiger partial charge on any atom is -0.489 e. The SMILES string of the molecule is CC(CN(C)C(=O)C1NNNC1C)Oc1ccc(Cl)c(Cl)c1. The number of amides is 1. The highest BCUT2D eigenvalue weighted by Crippen LogP contribution is 2.26. The van der Waals surface area contributed by atoms with Crippen molar-refractivity contribution in [3.63, 3.8) is 0 Å². The van der Waals surface area contributed by atoms with Crippen molar-refractivity contribution in [3.05, 3.63) is 28.2 Å². The number of ether oxygens (including phenoxy) is 1. The highest BCUT2D eigenvalue weighted by atomic mass is 35.5. The van der Waals surface area contributed by atoms with E-state index < -0.39 is 0 Å². The predicted octanol–water partition coefficient (Wildman–Crippen LogP) is 1.59. The topological polar surface area (TPSA) is 65.6 Å². The third kappa shape index (κ3) is 4.24. The standard InChI is InChI=1S/C14H20Cl2N4O2/c1-8(22-10-4-5-11(15)12(16)6-10)7-20(3)14(21)13-9(2)17-19-18-13/h4-6,8-9,13,17-19H,7H2,1-3H3. The van der Waals surface area contributed by atoms with Crippen LogP contribution in [0.1, 0.15) is 13.8 Å². The minimum atomic E-state index is -0.304. The van der Waals surface area contributed by atoms with Crippen molar-refractivity contribution in [2.24, 2.45) is 0 Å². The van der Waals surface area contributed by atoms with Gasteiger partial charge in [0.1, 0.15) is 17.9 Å². The van der Waals surface area contributed by atoms with E-state index in [9.17, 15) is 4.79 Å². The second-order valence-electron chi connectivity index (χ2n) is 5.40. The van der Waals surface area contributed by atoms with E-state index >= 15 is 0 Å². The third-order valence-corrected chi connectivity index (χ3v) is 4.17. The van der Waals surface area contributed by atoms with Crippen molar-refractivity contribution in [2.45, 2.75) is 32.0 Å². The highest BCUT2D eigenvalue weighted by molar-refractivity contribution is 6.42. The maximum atomic E-state index is 12.3. The van der Waals surface area contributed by atoms with Gasteiger partial charge in [0.05, 0.1) is 16.6 Å². The van der Waals surface area contributed by atoms with Gasteiger partial charge in [0.25, 0.3) is 0 Å². The average molecular weight is 347 g/mol. The zero-order valence-electron chi connectivity index (χ0n) is 12.7. The van der Waals surface area contributed by atoms with Crippen LogP contribution in [0.2, 0.25) is 10.0 Å². The number of nitrogens with one attached hydrogen (secondary N) is 3. The van der Waals surface area contributed by atoms with Crippen LogP contribution in [0.25, 0.3) is 0 Å². The second kappa shape index (κ2) is 7.48. The zero-order chi connectivity index (χ0) is 16.3. The van der Waals surface area contributed by atoms with Crippen LogP contribution in [0.4, 0.5) is 0 Å². The molecule has 0 aromatic heterocycles. The van der Waals surface area contributed by atoms with E-state index in [1.165, 1.54) is 0 Å². The average Bonchev–Trinajstić information content (AvgIpc) is 2.88. The van der Waals surface area contributed by atoms with Gasteiger partial charge >= 0.3 is 0 Å². The number of hydrogen-bond acceptors (Lipinski definition) is 5. The van der Waals surface area contributed by atoms with Gasteiger partial charge < -0.3 is 9.64 Å². The number of hydrazine groups is 2. The van der Waals surface area contributed by atoms with Crippen molar-refractivity contribution in [1.29, 1.82) is 0 Å². The molecule has 3 unspecified atom stereocenters. The van der Waals surface area contributed by atoms with E-state index in [0.29, 0.717) is 22.3 Å². The molecule has 0 bridgehead atoms. The summed E-state index contributed by atoms with van der Waals surface area (Å²) in [6.45, 7) is 4.29. The Morgan fingerprint density at radius 2 is 2.09 bits per heavy atom. The number of benzene rings is 1. The van der Waals surface area contributed by atoms with Gasteiger partial charge in [0, 0.05) is 19.2 Å². The Hall–Kier alpha value is -1.05. The van der Waals surface area contributed by atoms with Gasteiger partial charge in [-0.1, -0.05) is 23.2 Å². The van der Waals surface area contributed by atoms with Crippen molar-refractivity contribution in [3.8, 4) is 5.75 Å². The van der Waals surface area contributed by atoms with Crippen LogP contribution in [0.3, 0.4) is 0 Å². The third-order valence-electron chi connectivity index (χ3n) is 3.43. The smallest absolute Gasteiger partial charge is 0.242 e. The molecule has 0 radical (unpaired) electrons. The lowest BCUT2D eigenvalue weighted by molar-refractivity contribution is -0.133. The first-order chi connectivity index (χ1) is 10.4. The molecule has 1 heterocycles. The maximum Gasteiger partial charge on any atom is 0.242 e. The Labute approximate surface area is 140 Å². The first-order valence-corrected chi connectivity index (χ1v) is 7.77. The Morgan fingerprint density at radius 3 is 2.68 bits per heavy atom. The molecule has 122 valence electrons. The van der Waals surface area contributed by atoms with Crippen molar-refractivity contribution in [1.82, 2.24) is 21.3 Å². The number of nitrogens with zero attached hydrogens (tertiary/aromatic N) is 1. The molecule has 1 aliphatic rings. The lowest BCUT2D eigenvalue weighted by Crippen LogP contribution is -2.49. The molecule has 1 aromatic rings. The minimum absolute atomic E-state index is 0.00501. The fraction of sp³-hybridized carbons (Fsp3) is 0.500. The number of carbonyl (C=O) groups is 1. The second-order valence-corrected chi connectivity index (χ2v) is 6.22. The molecule has 1 aromatic carbocycles. The number of carbonyl (C=O) groups excluding carboxylic acids is 1. The maximum absolute atomic E-state index is 12.3. The van der Waals surface area contributed by atoms with Crippen LogP contribution in [-0.4, -0.2) is 42.6 Å². The van der Waals surface area contributed by atoms with Crippen LogP contribution in [0.15, 0.2) is 18.2 Å². The largest absolute Gasteiger partial charge is 0.489 e. The fourth-order valence-corrected chi connectivity index (χ4v) is 2.54. The van der Waals surface area contributed by atoms with E-state index in [1.807, 2.05) is 13.8 Å². The van der Waals surface area contributed by atoms with Crippen LogP contribution >= 0.6 is 23.2 Å². The number of rotatable bonds is 5. The first kappa shape index (κ1) is 17.3. The van der Waals surface area contributed by atoms with E-state index in [0.717, 1.165) is 0 Å². The summed E-state index contributed by atoms with van der Waals surface area (Å²) in [6, 6.07) is 4.81. The van der Waals surface area contributed by atoms with Gasteiger partial charge in [0.15, 0.2) is 0 Å². The molecule has 22 heavy (non-hydrogen) atoms. The lowest BCUT2D eigenvalue weighted by Gasteiger charge is -2.25.